The van der Waals surface area contributed by atoms with Gasteiger partial charge in [-0.2, -0.15) is 0 Å². The molecule has 0 unspecified atom stereocenters. The van der Waals surface area contributed by atoms with Crippen LogP contribution in [0.25, 0.3) is 0 Å². The Bertz CT molecular complexity index is 579. The second-order valence-electron chi connectivity index (χ2n) is 4.66. The van der Waals surface area contributed by atoms with Gasteiger partial charge in [-0.25, -0.2) is 0 Å². The average molecular weight is 387 g/mol. The van der Waals surface area contributed by atoms with Gasteiger partial charge >= 0.3 is 5.97 Å². The predicted octanol–water partition coefficient (Wildman–Crippen LogP) is 2.49. The summed E-state index contributed by atoms with van der Waals surface area (Å²) in [5, 5.41) is 2.52. The summed E-state index contributed by atoms with van der Waals surface area (Å²) in [6.45, 7) is 1.90. The van der Waals surface area contributed by atoms with Crippen molar-refractivity contribution in [3.63, 3.8) is 0 Å². The number of anilines is 1. The number of benzene rings is 1. The first-order chi connectivity index (χ1) is 10.5. The molecule has 1 aromatic carbocycles. The second-order valence-corrected chi connectivity index (χ2v) is 6.63. The van der Waals surface area contributed by atoms with Crippen LogP contribution in [0.4, 0.5) is 10.5 Å². The molecular weight excluding hydrogens is 372 g/mol. The van der Waals surface area contributed by atoms with E-state index in [2.05, 4.69) is 21.2 Å². The SMILES string of the molecule is C[C@@H](OC(=O)CN1CCSC1=O)C(=O)Nc1ccc(Br)cc1. The van der Waals surface area contributed by atoms with Crippen LogP contribution < -0.4 is 5.32 Å². The zero-order valence-electron chi connectivity index (χ0n) is 11.9. The standard InChI is InChI=1S/C14H15BrN2O4S/c1-9(13(19)16-11-4-2-10(15)3-5-11)21-12(18)8-17-6-7-22-14(17)20/h2-5,9H,6-8H2,1H3,(H,16,19)/t9-/m1/s1. The Hall–Kier alpha value is -1.54. The lowest BCUT2D eigenvalue weighted by Crippen LogP contribution is -2.36. The van der Waals surface area contributed by atoms with Crippen LogP contribution in [0.5, 0.6) is 0 Å². The molecule has 0 aromatic heterocycles. The minimum atomic E-state index is -0.929. The highest BCUT2D eigenvalue weighted by atomic mass is 79.9. The summed E-state index contributed by atoms with van der Waals surface area (Å²) in [6, 6.07) is 7.05. The Morgan fingerprint density at radius 3 is 2.68 bits per heavy atom. The van der Waals surface area contributed by atoms with Crippen molar-refractivity contribution in [2.75, 3.05) is 24.2 Å². The number of hydrogen-bond donors (Lipinski definition) is 1. The molecule has 8 heteroatoms. The summed E-state index contributed by atoms with van der Waals surface area (Å²) < 4.78 is 5.96. The Labute approximate surface area is 140 Å². The van der Waals surface area contributed by atoms with Crippen molar-refractivity contribution in [3.05, 3.63) is 28.7 Å². The van der Waals surface area contributed by atoms with Gasteiger partial charge in [-0.15, -0.1) is 0 Å². The van der Waals surface area contributed by atoms with Gasteiger partial charge in [0.05, 0.1) is 0 Å². The summed E-state index contributed by atoms with van der Waals surface area (Å²) in [7, 11) is 0. The third kappa shape index (κ3) is 4.74. The zero-order valence-corrected chi connectivity index (χ0v) is 14.3. The number of carbonyl (C=O) groups is 3. The fourth-order valence-corrected chi connectivity index (χ4v) is 2.88. The maximum absolute atomic E-state index is 11.9. The van der Waals surface area contributed by atoms with Crippen molar-refractivity contribution in [1.82, 2.24) is 4.90 Å². The van der Waals surface area contributed by atoms with E-state index in [-0.39, 0.29) is 11.8 Å². The predicted molar refractivity (Wildman–Crippen MR) is 87.8 cm³/mol. The van der Waals surface area contributed by atoms with Gasteiger partial charge in [-0.3, -0.25) is 14.4 Å². The third-order valence-electron chi connectivity index (χ3n) is 2.95. The smallest absolute Gasteiger partial charge is 0.326 e. The highest BCUT2D eigenvalue weighted by Crippen LogP contribution is 2.17. The van der Waals surface area contributed by atoms with E-state index in [1.165, 1.54) is 23.6 Å². The van der Waals surface area contributed by atoms with Crippen molar-refractivity contribution < 1.29 is 19.1 Å². The Kier molecular flexibility index (Phi) is 5.84. The number of halogens is 1. The molecule has 1 fully saturated rings. The van der Waals surface area contributed by atoms with Gasteiger partial charge in [0.2, 0.25) is 0 Å². The van der Waals surface area contributed by atoms with Crippen molar-refractivity contribution in [3.8, 4) is 0 Å². The molecule has 1 N–H and O–H groups in total. The molecule has 1 aromatic rings. The van der Waals surface area contributed by atoms with Crippen LogP contribution in [0.2, 0.25) is 0 Å². The molecule has 1 aliphatic heterocycles. The summed E-state index contributed by atoms with van der Waals surface area (Å²) in [5.74, 6) is -0.335. The lowest BCUT2D eigenvalue weighted by molar-refractivity contribution is -0.153. The van der Waals surface area contributed by atoms with Crippen LogP contribution in [0.3, 0.4) is 0 Å². The number of rotatable bonds is 5. The number of carbonyl (C=O) groups excluding carboxylic acids is 3. The highest BCUT2D eigenvalue weighted by molar-refractivity contribution is 9.10. The third-order valence-corrected chi connectivity index (χ3v) is 4.37. The van der Waals surface area contributed by atoms with Crippen LogP contribution in [-0.4, -0.2) is 47.0 Å². The van der Waals surface area contributed by atoms with Crippen molar-refractivity contribution >= 4 is 50.5 Å². The van der Waals surface area contributed by atoms with Crippen LogP contribution in [0, 0.1) is 0 Å². The minimum absolute atomic E-state index is 0.123. The summed E-state index contributed by atoms with van der Waals surface area (Å²) in [6.07, 6.45) is -0.929. The first-order valence-corrected chi connectivity index (χ1v) is 8.41. The van der Waals surface area contributed by atoms with E-state index in [4.69, 9.17) is 4.74 Å². The lowest BCUT2D eigenvalue weighted by atomic mass is 10.3. The molecule has 0 aliphatic carbocycles. The maximum Gasteiger partial charge on any atom is 0.326 e. The van der Waals surface area contributed by atoms with E-state index in [9.17, 15) is 14.4 Å². The van der Waals surface area contributed by atoms with Crippen molar-refractivity contribution in [2.24, 2.45) is 0 Å². The van der Waals surface area contributed by atoms with Gasteiger partial charge in [0.1, 0.15) is 6.54 Å². The maximum atomic E-state index is 11.9. The molecule has 22 heavy (non-hydrogen) atoms. The molecule has 0 radical (unpaired) electrons. The number of amides is 2. The average Bonchev–Trinajstić information content (AvgIpc) is 2.86. The largest absolute Gasteiger partial charge is 0.451 e. The Morgan fingerprint density at radius 1 is 1.41 bits per heavy atom. The molecule has 1 heterocycles. The quantitative estimate of drug-likeness (QED) is 0.786. The van der Waals surface area contributed by atoms with Crippen molar-refractivity contribution in [1.29, 1.82) is 0 Å². The molecule has 6 nitrogen and oxygen atoms in total. The number of hydrogen-bond acceptors (Lipinski definition) is 5. The van der Waals surface area contributed by atoms with Crippen LogP contribution in [0.1, 0.15) is 6.92 Å². The number of ether oxygens (including phenoxy) is 1. The van der Waals surface area contributed by atoms with Gasteiger partial charge in [-0.05, 0) is 31.2 Å². The second kappa shape index (κ2) is 7.64. The number of esters is 1. The molecule has 1 aliphatic rings. The number of thioether (sulfide) groups is 1. The molecule has 0 spiro atoms. The van der Waals surface area contributed by atoms with Gasteiger partial charge in [0.25, 0.3) is 11.1 Å². The Morgan fingerprint density at radius 2 is 2.09 bits per heavy atom. The van der Waals surface area contributed by atoms with Crippen molar-refractivity contribution in [2.45, 2.75) is 13.0 Å². The topological polar surface area (TPSA) is 75.7 Å². The normalized spacial score (nSPS) is 15.5. The first kappa shape index (κ1) is 16.8. The summed E-state index contributed by atoms with van der Waals surface area (Å²) >= 11 is 4.48. The number of nitrogens with one attached hydrogen (secondary N) is 1. The van der Waals surface area contributed by atoms with Gasteiger partial charge in [-0.1, -0.05) is 27.7 Å². The fourth-order valence-electron chi connectivity index (χ4n) is 1.79. The van der Waals surface area contributed by atoms with E-state index in [0.29, 0.717) is 18.0 Å². The lowest BCUT2D eigenvalue weighted by Gasteiger charge is -2.17. The molecule has 1 saturated heterocycles. The van der Waals surface area contributed by atoms with Gasteiger partial charge in [0, 0.05) is 22.5 Å². The van der Waals surface area contributed by atoms with E-state index >= 15 is 0 Å². The summed E-state index contributed by atoms with van der Waals surface area (Å²) in [5.41, 5.74) is 0.613. The zero-order chi connectivity index (χ0) is 16.1. The summed E-state index contributed by atoms with van der Waals surface area (Å²) in [4.78, 5) is 36.5. The van der Waals surface area contributed by atoms with E-state index in [0.717, 1.165) is 4.47 Å². The molecule has 0 saturated carbocycles. The minimum Gasteiger partial charge on any atom is -0.451 e. The first-order valence-electron chi connectivity index (χ1n) is 6.63. The van der Waals surface area contributed by atoms with Gasteiger partial charge in [0.15, 0.2) is 6.10 Å². The van der Waals surface area contributed by atoms with Crippen LogP contribution in [-0.2, 0) is 14.3 Å². The van der Waals surface area contributed by atoms with Crippen LogP contribution >= 0.6 is 27.7 Å². The Balaban J connectivity index is 1.81. The van der Waals surface area contributed by atoms with Crippen LogP contribution in [0.15, 0.2) is 28.7 Å². The van der Waals surface area contributed by atoms with E-state index in [1.807, 2.05) is 0 Å². The molecular formula is C14H15BrN2O4S. The molecule has 1 atom stereocenters. The number of nitrogens with zero attached hydrogens (tertiary/aromatic N) is 1. The molecule has 0 bridgehead atoms. The van der Waals surface area contributed by atoms with E-state index in [1.54, 1.807) is 24.3 Å². The molecule has 2 amide bonds. The fraction of sp³-hybridized carbons (Fsp3) is 0.357. The molecule has 118 valence electrons. The van der Waals surface area contributed by atoms with Gasteiger partial charge < -0.3 is 15.0 Å². The van der Waals surface area contributed by atoms with E-state index < -0.39 is 18.0 Å². The monoisotopic (exact) mass is 386 g/mol. The highest BCUT2D eigenvalue weighted by Gasteiger charge is 2.25. The molecule has 2 rings (SSSR count).